The number of rotatable bonds is 5. The Morgan fingerprint density at radius 3 is 1.58 bits per heavy atom. The minimum Gasteiger partial charge on any atom is -0.373 e. The summed E-state index contributed by atoms with van der Waals surface area (Å²) in [5.41, 5.74) is 10.6. The Labute approximate surface area is 75.5 Å². The topological polar surface area (TPSA) is 64.6 Å². The molecule has 3 nitrogen and oxygen atoms in total. The van der Waals surface area contributed by atoms with E-state index in [0.29, 0.717) is 6.10 Å². The van der Waals surface area contributed by atoms with Crippen molar-refractivity contribution in [1.82, 2.24) is 0 Å². The Bertz CT molecular complexity index is 78.6. The van der Waals surface area contributed by atoms with E-state index in [2.05, 4.69) is 6.92 Å². The van der Waals surface area contributed by atoms with Gasteiger partial charge in [0.1, 0.15) is 0 Å². The van der Waals surface area contributed by atoms with Crippen LogP contribution in [0.4, 0.5) is 0 Å². The molecule has 0 amide bonds. The monoisotopic (exact) mass is 174 g/mol. The van der Waals surface area contributed by atoms with E-state index < -0.39 is 0 Å². The molecule has 0 aromatic rings. The Kier molecular flexibility index (Phi) is 8.88. The van der Waals surface area contributed by atoms with Gasteiger partial charge in [-0.25, -0.2) is 0 Å². The predicted molar refractivity (Wildman–Crippen MR) is 52.0 cm³/mol. The smallest absolute Gasteiger partial charge is 0.0781 e. The van der Waals surface area contributed by atoms with Crippen molar-refractivity contribution in [2.24, 2.45) is 11.5 Å². The molecular weight excluding hydrogens is 152 g/mol. The molecule has 4 N–H and O–H groups in total. The number of hydrogen-bond acceptors (Lipinski definition) is 3. The minimum atomic E-state index is 0.583. The lowest BCUT2D eigenvalue weighted by Crippen LogP contribution is -2.00. The number of ether oxygens (including phenoxy) is 1. The van der Waals surface area contributed by atoms with Crippen LogP contribution in [-0.2, 0) is 4.74 Å². The predicted octanol–water partition coefficient (Wildman–Crippen LogP) is 0.869. The van der Waals surface area contributed by atoms with Crippen LogP contribution in [0.3, 0.4) is 0 Å². The van der Waals surface area contributed by atoms with E-state index in [1.807, 2.05) is 0 Å². The van der Waals surface area contributed by atoms with E-state index in [0.717, 1.165) is 32.5 Å². The molecule has 74 valence electrons. The third-order valence-electron chi connectivity index (χ3n) is 1.66. The third-order valence-corrected chi connectivity index (χ3v) is 1.66. The highest BCUT2D eigenvalue weighted by molar-refractivity contribution is 4.58. The summed E-state index contributed by atoms with van der Waals surface area (Å²) >= 11 is 0. The zero-order valence-corrected chi connectivity index (χ0v) is 8.09. The average Bonchev–Trinajstić information content (AvgIpc) is 2.83. The molecule has 12 heavy (non-hydrogen) atoms. The van der Waals surface area contributed by atoms with Gasteiger partial charge >= 0.3 is 0 Å². The Morgan fingerprint density at radius 2 is 1.42 bits per heavy atom. The molecule has 0 bridgehead atoms. The van der Waals surface area contributed by atoms with Crippen molar-refractivity contribution in [2.75, 3.05) is 19.7 Å². The van der Waals surface area contributed by atoms with Crippen molar-refractivity contribution < 1.29 is 4.74 Å². The fourth-order valence-electron chi connectivity index (χ4n) is 0.738. The van der Waals surface area contributed by atoms with E-state index in [9.17, 15) is 0 Å². The van der Waals surface area contributed by atoms with Crippen LogP contribution in [0.25, 0.3) is 0 Å². The summed E-state index contributed by atoms with van der Waals surface area (Å²) in [5, 5.41) is 0. The van der Waals surface area contributed by atoms with Crippen LogP contribution in [0.5, 0.6) is 0 Å². The minimum absolute atomic E-state index is 0.583. The summed E-state index contributed by atoms with van der Waals surface area (Å²) in [4.78, 5) is 0. The highest BCUT2D eigenvalue weighted by atomic mass is 16.6. The highest BCUT2D eigenvalue weighted by Gasteiger charge is 2.13. The van der Waals surface area contributed by atoms with Crippen LogP contribution in [0.15, 0.2) is 0 Å². The zero-order chi connectivity index (χ0) is 9.23. The van der Waals surface area contributed by atoms with Gasteiger partial charge < -0.3 is 16.2 Å². The quantitative estimate of drug-likeness (QED) is 0.480. The second-order valence-electron chi connectivity index (χ2n) is 3.14. The lowest BCUT2D eigenvalue weighted by molar-refractivity contribution is 0.423. The second kappa shape index (κ2) is 8.97. The fourth-order valence-corrected chi connectivity index (χ4v) is 0.738. The van der Waals surface area contributed by atoms with E-state index in [1.165, 1.54) is 12.8 Å². The molecule has 0 radical (unpaired) electrons. The molecule has 0 saturated carbocycles. The number of nitrogens with two attached hydrogens (primary N) is 2. The van der Waals surface area contributed by atoms with Gasteiger partial charge in [-0.2, -0.15) is 0 Å². The Hall–Kier alpha value is -0.120. The molecule has 0 aromatic carbocycles. The van der Waals surface area contributed by atoms with Gasteiger partial charge in [0.2, 0.25) is 0 Å². The summed E-state index contributed by atoms with van der Waals surface area (Å²) in [5.74, 6) is 0. The van der Waals surface area contributed by atoms with E-state index in [1.54, 1.807) is 0 Å². The molecule has 0 spiro atoms. The van der Waals surface area contributed by atoms with Gasteiger partial charge in [0.15, 0.2) is 0 Å². The Balaban J connectivity index is 0.000000247. The second-order valence-corrected chi connectivity index (χ2v) is 3.14. The lowest BCUT2D eigenvalue weighted by Gasteiger charge is -1.94. The van der Waals surface area contributed by atoms with Crippen LogP contribution < -0.4 is 11.5 Å². The van der Waals surface area contributed by atoms with Crippen LogP contribution in [0.2, 0.25) is 0 Å². The standard InChI is InChI=1S/C6H16N2.C3H6O/c7-5-3-1-2-4-6-8;1-3-2-4-3/h1-8H2;3H,2H2,1H3. The molecule has 1 atom stereocenters. The molecule has 3 heteroatoms. The molecule has 1 aliphatic heterocycles. The summed E-state index contributed by atoms with van der Waals surface area (Å²) in [7, 11) is 0. The van der Waals surface area contributed by atoms with Gasteiger partial charge in [-0.05, 0) is 32.9 Å². The molecule has 1 saturated heterocycles. The highest BCUT2D eigenvalue weighted by Crippen LogP contribution is 2.04. The molecule has 0 aromatic heterocycles. The maximum Gasteiger partial charge on any atom is 0.0781 e. The largest absolute Gasteiger partial charge is 0.373 e. The SMILES string of the molecule is CC1CO1.NCCCCCCN. The molecule has 1 unspecified atom stereocenters. The van der Waals surface area contributed by atoms with Crippen LogP contribution in [-0.4, -0.2) is 25.8 Å². The van der Waals surface area contributed by atoms with Crippen molar-refractivity contribution in [2.45, 2.75) is 38.7 Å². The molecule has 1 rings (SSSR count). The van der Waals surface area contributed by atoms with Crippen LogP contribution in [0.1, 0.15) is 32.6 Å². The number of unbranched alkanes of at least 4 members (excludes halogenated alkanes) is 3. The summed E-state index contributed by atoms with van der Waals surface area (Å²) in [6, 6.07) is 0. The number of epoxide rings is 1. The summed E-state index contributed by atoms with van der Waals surface area (Å²) in [6.07, 6.45) is 5.38. The van der Waals surface area contributed by atoms with E-state index >= 15 is 0 Å². The first kappa shape index (κ1) is 11.9. The summed E-state index contributed by atoms with van der Waals surface area (Å²) < 4.78 is 4.71. The van der Waals surface area contributed by atoms with Crippen LogP contribution >= 0.6 is 0 Å². The Morgan fingerprint density at radius 1 is 1.08 bits per heavy atom. The molecule has 1 heterocycles. The van der Waals surface area contributed by atoms with Crippen molar-refractivity contribution in [3.8, 4) is 0 Å². The molecule has 0 aliphatic carbocycles. The fraction of sp³-hybridized carbons (Fsp3) is 1.00. The van der Waals surface area contributed by atoms with Gasteiger partial charge in [-0.3, -0.25) is 0 Å². The maximum atomic E-state index is 5.28. The molecule has 1 aliphatic rings. The van der Waals surface area contributed by atoms with Gasteiger partial charge in [0, 0.05) is 0 Å². The van der Waals surface area contributed by atoms with E-state index in [4.69, 9.17) is 16.2 Å². The zero-order valence-electron chi connectivity index (χ0n) is 8.09. The van der Waals surface area contributed by atoms with Crippen molar-refractivity contribution in [1.29, 1.82) is 0 Å². The molecule has 1 fully saturated rings. The third kappa shape index (κ3) is 12.5. The van der Waals surface area contributed by atoms with Crippen molar-refractivity contribution in [3.63, 3.8) is 0 Å². The van der Waals surface area contributed by atoms with E-state index in [-0.39, 0.29) is 0 Å². The first-order valence-corrected chi connectivity index (χ1v) is 4.83. The van der Waals surface area contributed by atoms with Gasteiger partial charge in [0.25, 0.3) is 0 Å². The van der Waals surface area contributed by atoms with Crippen molar-refractivity contribution >= 4 is 0 Å². The first-order chi connectivity index (χ1) is 5.81. The average molecular weight is 174 g/mol. The molecular formula is C9H22N2O. The van der Waals surface area contributed by atoms with Crippen LogP contribution in [0, 0.1) is 0 Å². The van der Waals surface area contributed by atoms with Gasteiger partial charge in [-0.15, -0.1) is 0 Å². The van der Waals surface area contributed by atoms with Gasteiger partial charge in [0.05, 0.1) is 12.7 Å². The first-order valence-electron chi connectivity index (χ1n) is 4.83. The normalized spacial score (nSPS) is 19.8. The van der Waals surface area contributed by atoms with Crippen molar-refractivity contribution in [3.05, 3.63) is 0 Å². The maximum absolute atomic E-state index is 5.28. The number of hydrogen-bond donors (Lipinski definition) is 2. The summed E-state index contributed by atoms with van der Waals surface area (Å²) in [6.45, 7) is 4.69. The lowest BCUT2D eigenvalue weighted by atomic mass is 10.2. The van der Waals surface area contributed by atoms with Gasteiger partial charge in [-0.1, -0.05) is 12.8 Å².